The van der Waals surface area contributed by atoms with Gasteiger partial charge in [-0.2, -0.15) is 0 Å². The van der Waals surface area contributed by atoms with Gasteiger partial charge in [-0.15, -0.1) is 0 Å². The third-order valence-corrected chi connectivity index (χ3v) is 9.14. The van der Waals surface area contributed by atoms with E-state index in [2.05, 4.69) is 51.1 Å². The Morgan fingerprint density at radius 2 is 1.62 bits per heavy atom. The van der Waals surface area contributed by atoms with Gasteiger partial charge in [0.1, 0.15) is 0 Å². The molecule has 0 aromatic heterocycles. The molecule has 1 spiro atoms. The fourth-order valence-electron chi connectivity index (χ4n) is 8.65. The van der Waals surface area contributed by atoms with Crippen molar-refractivity contribution in [3.8, 4) is 0 Å². The largest absolute Gasteiger partial charge is 0.0839 e. The summed E-state index contributed by atoms with van der Waals surface area (Å²) in [5.41, 5.74) is 9.07. The maximum Gasteiger partial charge on any atom is 0.0262 e. The van der Waals surface area contributed by atoms with Gasteiger partial charge in [0.15, 0.2) is 0 Å². The van der Waals surface area contributed by atoms with Gasteiger partial charge in [-0.25, -0.2) is 0 Å². The SMILES string of the molecule is Cc1cccc2c1C(C)(C)C1=C(C=CCC1)C21C2CC3CC(C2)CC1C3. The summed E-state index contributed by atoms with van der Waals surface area (Å²) in [5, 5.41) is 0. The van der Waals surface area contributed by atoms with Crippen molar-refractivity contribution in [1.29, 1.82) is 0 Å². The van der Waals surface area contributed by atoms with E-state index < -0.39 is 0 Å². The van der Waals surface area contributed by atoms with Crippen molar-refractivity contribution in [3.05, 3.63) is 58.2 Å². The predicted octanol–water partition coefficient (Wildman–Crippen LogP) is 6.63. The van der Waals surface area contributed by atoms with Gasteiger partial charge in [0, 0.05) is 10.8 Å². The highest BCUT2D eigenvalue weighted by Gasteiger charge is 2.62. The molecule has 0 aliphatic heterocycles. The van der Waals surface area contributed by atoms with Crippen LogP contribution in [0.15, 0.2) is 41.5 Å². The van der Waals surface area contributed by atoms with Crippen LogP contribution in [0.2, 0.25) is 0 Å². The Bertz CT molecular complexity index is 819. The molecule has 1 aromatic rings. The third kappa shape index (κ3) is 1.68. The summed E-state index contributed by atoms with van der Waals surface area (Å²) in [4.78, 5) is 0. The minimum absolute atomic E-state index is 0.195. The van der Waals surface area contributed by atoms with Crippen molar-refractivity contribution in [2.75, 3.05) is 0 Å². The van der Waals surface area contributed by atoms with E-state index in [1.807, 2.05) is 0 Å². The Balaban J connectivity index is 1.70. The molecule has 4 fully saturated rings. The first-order chi connectivity index (χ1) is 12.5. The lowest BCUT2D eigenvalue weighted by Gasteiger charge is -2.65. The second-order valence-electron chi connectivity index (χ2n) is 10.6. The lowest BCUT2D eigenvalue weighted by molar-refractivity contribution is -0.0450. The normalized spacial score (nSPS) is 41.5. The highest BCUT2D eigenvalue weighted by atomic mass is 14.7. The van der Waals surface area contributed by atoms with Crippen LogP contribution in [0, 0.1) is 30.6 Å². The first kappa shape index (κ1) is 15.7. The number of fused-ring (bicyclic) bond motifs is 1. The van der Waals surface area contributed by atoms with Gasteiger partial charge in [0.05, 0.1) is 0 Å². The Morgan fingerprint density at radius 3 is 2.31 bits per heavy atom. The molecule has 0 saturated heterocycles. The molecule has 7 rings (SSSR count). The molecule has 0 amide bonds. The monoisotopic (exact) mass is 344 g/mol. The lowest BCUT2D eigenvalue weighted by atomic mass is 9.38. The fourth-order valence-corrected chi connectivity index (χ4v) is 8.65. The summed E-state index contributed by atoms with van der Waals surface area (Å²) in [5.74, 6) is 3.84. The summed E-state index contributed by atoms with van der Waals surface area (Å²) in [6, 6.07) is 7.27. The van der Waals surface area contributed by atoms with Crippen molar-refractivity contribution in [2.24, 2.45) is 23.7 Å². The second kappa shape index (κ2) is 4.94. The van der Waals surface area contributed by atoms with Crippen LogP contribution in [0.25, 0.3) is 0 Å². The molecule has 4 bridgehead atoms. The molecular weight excluding hydrogens is 312 g/mol. The molecule has 0 radical (unpaired) electrons. The highest BCUT2D eigenvalue weighted by Crippen LogP contribution is 2.69. The number of benzene rings is 1. The van der Waals surface area contributed by atoms with Crippen molar-refractivity contribution in [2.45, 2.75) is 76.5 Å². The molecule has 0 nitrogen and oxygen atoms in total. The first-order valence-electron chi connectivity index (χ1n) is 11.0. The second-order valence-corrected chi connectivity index (χ2v) is 10.6. The molecule has 0 unspecified atom stereocenters. The maximum atomic E-state index is 2.59. The smallest absolute Gasteiger partial charge is 0.0262 e. The van der Waals surface area contributed by atoms with Crippen LogP contribution in [0.1, 0.15) is 75.5 Å². The molecule has 0 heteroatoms. The fraction of sp³-hybridized carbons (Fsp3) is 0.615. The molecule has 4 saturated carbocycles. The number of aryl methyl sites for hydroxylation is 1. The summed E-state index contributed by atoms with van der Waals surface area (Å²) < 4.78 is 0. The van der Waals surface area contributed by atoms with Gasteiger partial charge >= 0.3 is 0 Å². The van der Waals surface area contributed by atoms with E-state index >= 15 is 0 Å². The van der Waals surface area contributed by atoms with Gasteiger partial charge in [-0.3, -0.25) is 0 Å². The summed E-state index contributed by atoms with van der Waals surface area (Å²) >= 11 is 0. The quantitative estimate of drug-likeness (QED) is 0.495. The van der Waals surface area contributed by atoms with E-state index in [1.165, 1.54) is 50.5 Å². The summed E-state index contributed by atoms with van der Waals surface area (Å²) in [6.07, 6.45) is 15.1. The van der Waals surface area contributed by atoms with E-state index in [4.69, 9.17) is 0 Å². The average Bonchev–Trinajstić information content (AvgIpc) is 2.61. The zero-order chi connectivity index (χ0) is 17.7. The van der Waals surface area contributed by atoms with E-state index in [1.54, 1.807) is 22.3 Å². The van der Waals surface area contributed by atoms with E-state index in [9.17, 15) is 0 Å². The van der Waals surface area contributed by atoms with Crippen LogP contribution < -0.4 is 0 Å². The van der Waals surface area contributed by atoms with Crippen molar-refractivity contribution < 1.29 is 0 Å². The third-order valence-electron chi connectivity index (χ3n) is 9.14. The lowest BCUT2D eigenvalue weighted by Crippen LogP contribution is -2.59. The number of allylic oxidation sites excluding steroid dienone is 4. The van der Waals surface area contributed by atoms with Gasteiger partial charge in [-0.1, -0.05) is 49.8 Å². The molecule has 0 N–H and O–H groups in total. The summed E-state index contributed by atoms with van der Waals surface area (Å²) in [7, 11) is 0. The molecule has 6 aliphatic carbocycles. The van der Waals surface area contributed by atoms with Gasteiger partial charge in [0.2, 0.25) is 0 Å². The molecule has 1 aromatic carbocycles. The molecule has 0 heterocycles. The Kier molecular flexibility index (Phi) is 2.99. The zero-order valence-electron chi connectivity index (χ0n) is 16.6. The van der Waals surface area contributed by atoms with Gasteiger partial charge in [0.25, 0.3) is 0 Å². The molecule has 0 atom stereocenters. The topological polar surface area (TPSA) is 0 Å². The maximum absolute atomic E-state index is 2.59. The van der Waals surface area contributed by atoms with Gasteiger partial charge < -0.3 is 0 Å². The summed E-state index contributed by atoms with van der Waals surface area (Å²) in [6.45, 7) is 7.39. The Morgan fingerprint density at radius 1 is 0.923 bits per heavy atom. The van der Waals surface area contributed by atoms with Crippen LogP contribution in [-0.4, -0.2) is 0 Å². The number of hydrogen-bond donors (Lipinski definition) is 0. The number of rotatable bonds is 0. The molecular formula is C26H32. The standard InChI is InChI=1S/C26H32/c1-16-7-6-10-23-24(16)25(2,3)21-8-4-5-9-22(21)26(23)19-12-17-11-18(14-19)15-20(26)13-17/h5-7,9-10,17-20H,4,8,11-15H2,1-3H3. The van der Waals surface area contributed by atoms with Crippen LogP contribution in [0.3, 0.4) is 0 Å². The zero-order valence-corrected chi connectivity index (χ0v) is 16.6. The van der Waals surface area contributed by atoms with E-state index in [-0.39, 0.29) is 5.41 Å². The van der Waals surface area contributed by atoms with Gasteiger partial charge in [-0.05, 0) is 97.8 Å². The van der Waals surface area contributed by atoms with E-state index in [0.717, 1.165) is 23.7 Å². The molecule has 6 aliphatic rings. The Labute approximate surface area is 158 Å². The average molecular weight is 345 g/mol. The van der Waals surface area contributed by atoms with Crippen molar-refractivity contribution in [3.63, 3.8) is 0 Å². The van der Waals surface area contributed by atoms with Crippen LogP contribution >= 0.6 is 0 Å². The number of hydrogen-bond acceptors (Lipinski definition) is 0. The highest BCUT2D eigenvalue weighted by molar-refractivity contribution is 5.63. The predicted molar refractivity (Wildman–Crippen MR) is 108 cm³/mol. The Hall–Kier alpha value is -1.30. The van der Waals surface area contributed by atoms with Crippen LogP contribution in [0.5, 0.6) is 0 Å². The first-order valence-corrected chi connectivity index (χ1v) is 11.0. The van der Waals surface area contributed by atoms with Crippen LogP contribution in [0.4, 0.5) is 0 Å². The minimum atomic E-state index is 0.195. The molecule has 26 heavy (non-hydrogen) atoms. The van der Waals surface area contributed by atoms with Crippen LogP contribution in [-0.2, 0) is 10.8 Å². The minimum Gasteiger partial charge on any atom is -0.0839 e. The van der Waals surface area contributed by atoms with E-state index in [0.29, 0.717) is 5.41 Å². The van der Waals surface area contributed by atoms with Crippen molar-refractivity contribution in [1.82, 2.24) is 0 Å². The molecule has 136 valence electrons. The van der Waals surface area contributed by atoms with Crippen molar-refractivity contribution >= 4 is 0 Å².